The molecule has 3 aromatic heterocycles. The van der Waals surface area contributed by atoms with Crippen LogP contribution in [-0.2, 0) is 0 Å². The molecule has 8 heteroatoms. The van der Waals surface area contributed by atoms with Gasteiger partial charge in [0.25, 0.3) is 5.91 Å². The average molecular weight is 398 g/mol. The lowest BCUT2D eigenvalue weighted by molar-refractivity contribution is 0.0951. The second kappa shape index (κ2) is 7.48. The summed E-state index contributed by atoms with van der Waals surface area (Å²) in [6.07, 6.45) is 3.54. The zero-order valence-electron chi connectivity index (χ0n) is 14.2. The molecule has 0 fully saturated rings. The zero-order chi connectivity index (χ0) is 18.8. The van der Waals surface area contributed by atoms with Crippen LogP contribution in [0.5, 0.6) is 0 Å². The van der Waals surface area contributed by atoms with Crippen molar-refractivity contribution < 1.29 is 4.79 Å². The lowest BCUT2D eigenvalue weighted by Gasteiger charge is -2.12. The molecule has 0 aliphatic heterocycles. The summed E-state index contributed by atoms with van der Waals surface area (Å²) in [7, 11) is 0. The van der Waals surface area contributed by atoms with E-state index < -0.39 is 0 Å². The Bertz CT molecular complexity index is 1090. The summed E-state index contributed by atoms with van der Waals surface area (Å²) in [5, 5.41) is 7.41. The minimum Gasteiger partial charge on any atom is -0.348 e. The van der Waals surface area contributed by atoms with Gasteiger partial charge in [-0.2, -0.15) is 5.10 Å². The second-order valence-corrected chi connectivity index (χ2v) is 7.56. The van der Waals surface area contributed by atoms with Crippen LogP contribution in [0.4, 0.5) is 0 Å². The molecule has 0 bridgehead atoms. The van der Waals surface area contributed by atoms with Crippen molar-refractivity contribution in [2.45, 2.75) is 6.04 Å². The Balaban J connectivity index is 1.52. The Kier molecular flexibility index (Phi) is 4.89. The number of carbonyl (C=O) groups is 1. The van der Waals surface area contributed by atoms with Crippen molar-refractivity contribution in [3.05, 3.63) is 75.8 Å². The number of nitrogens with one attached hydrogen (secondary N) is 1. The van der Waals surface area contributed by atoms with Crippen LogP contribution in [0.25, 0.3) is 16.8 Å². The molecule has 0 saturated heterocycles. The molecule has 1 unspecified atom stereocenters. The molecular formula is C19H16ClN5OS. The second-order valence-electron chi connectivity index (χ2n) is 5.96. The van der Waals surface area contributed by atoms with Crippen LogP contribution >= 0.6 is 22.9 Å². The molecule has 1 aromatic carbocycles. The van der Waals surface area contributed by atoms with Crippen LogP contribution in [0.1, 0.15) is 21.4 Å². The van der Waals surface area contributed by atoms with Gasteiger partial charge in [-0.25, -0.2) is 9.50 Å². The van der Waals surface area contributed by atoms with E-state index in [-0.39, 0.29) is 11.9 Å². The third-order valence-electron chi connectivity index (χ3n) is 4.17. The first-order valence-electron chi connectivity index (χ1n) is 8.31. The standard InChI is InChI=1S/C19H16ClN5OS/c20-17-16(13-10-23-25-9-5-4-8-15(13)25)24-19(27-17)18(26)22-11-14(21)12-6-2-1-3-7-12/h1-10,14H,11,21H2,(H,22,26). The minimum atomic E-state index is -0.295. The number of pyridine rings is 1. The van der Waals surface area contributed by atoms with Crippen LogP contribution in [0, 0.1) is 0 Å². The number of hydrogen-bond acceptors (Lipinski definition) is 5. The largest absolute Gasteiger partial charge is 0.348 e. The Labute approximate surface area is 164 Å². The maximum absolute atomic E-state index is 12.5. The SMILES string of the molecule is NC(CNC(=O)c1nc(-c2cnn3ccccc23)c(Cl)s1)c1ccccc1. The van der Waals surface area contributed by atoms with Crippen molar-refractivity contribution in [1.29, 1.82) is 0 Å². The van der Waals surface area contributed by atoms with Gasteiger partial charge in [0, 0.05) is 24.3 Å². The number of hydrogen-bond donors (Lipinski definition) is 2. The highest BCUT2D eigenvalue weighted by molar-refractivity contribution is 7.18. The van der Waals surface area contributed by atoms with E-state index in [1.165, 1.54) is 0 Å². The van der Waals surface area contributed by atoms with Gasteiger partial charge in [-0.3, -0.25) is 4.79 Å². The van der Waals surface area contributed by atoms with Gasteiger partial charge in [-0.15, -0.1) is 0 Å². The molecule has 1 atom stereocenters. The van der Waals surface area contributed by atoms with E-state index in [9.17, 15) is 4.79 Å². The molecule has 3 N–H and O–H groups in total. The topological polar surface area (TPSA) is 85.3 Å². The van der Waals surface area contributed by atoms with E-state index in [1.54, 1.807) is 10.7 Å². The highest BCUT2D eigenvalue weighted by Gasteiger charge is 2.20. The van der Waals surface area contributed by atoms with Gasteiger partial charge < -0.3 is 11.1 Å². The molecule has 1 amide bonds. The summed E-state index contributed by atoms with van der Waals surface area (Å²) in [5.41, 5.74) is 9.31. The van der Waals surface area contributed by atoms with E-state index in [2.05, 4.69) is 15.4 Å². The normalized spacial score (nSPS) is 12.2. The average Bonchev–Trinajstić information content (AvgIpc) is 3.29. The van der Waals surface area contributed by atoms with Gasteiger partial charge in [0.05, 0.1) is 11.7 Å². The predicted molar refractivity (Wildman–Crippen MR) is 107 cm³/mol. The smallest absolute Gasteiger partial charge is 0.280 e. The summed E-state index contributed by atoms with van der Waals surface area (Å²) >= 11 is 7.49. The lowest BCUT2D eigenvalue weighted by atomic mass is 10.1. The van der Waals surface area contributed by atoms with Crippen molar-refractivity contribution in [3.63, 3.8) is 0 Å². The number of fused-ring (bicyclic) bond motifs is 1. The summed E-state index contributed by atoms with van der Waals surface area (Å²) in [5.74, 6) is -0.295. The summed E-state index contributed by atoms with van der Waals surface area (Å²) in [4.78, 5) is 16.9. The Morgan fingerprint density at radius 3 is 2.81 bits per heavy atom. The quantitative estimate of drug-likeness (QED) is 0.539. The molecule has 4 aromatic rings. The molecule has 27 heavy (non-hydrogen) atoms. The van der Waals surface area contributed by atoms with Crippen LogP contribution in [0.2, 0.25) is 4.34 Å². The molecular weight excluding hydrogens is 382 g/mol. The number of rotatable bonds is 5. The summed E-state index contributed by atoms with van der Waals surface area (Å²) in [6.45, 7) is 0.312. The number of halogens is 1. The molecule has 136 valence electrons. The van der Waals surface area contributed by atoms with E-state index >= 15 is 0 Å². The number of nitrogens with two attached hydrogens (primary N) is 1. The predicted octanol–water partition coefficient (Wildman–Crippen LogP) is 3.54. The van der Waals surface area contributed by atoms with Gasteiger partial charge in [0.1, 0.15) is 10.0 Å². The van der Waals surface area contributed by atoms with Crippen LogP contribution in [-0.4, -0.2) is 27.0 Å². The first kappa shape index (κ1) is 17.7. The molecule has 0 aliphatic rings. The van der Waals surface area contributed by atoms with Crippen LogP contribution in [0.15, 0.2) is 60.9 Å². The highest BCUT2D eigenvalue weighted by Crippen LogP contribution is 2.34. The molecule has 0 aliphatic carbocycles. The monoisotopic (exact) mass is 397 g/mol. The Morgan fingerprint density at radius 2 is 2.00 bits per heavy atom. The molecule has 3 heterocycles. The zero-order valence-corrected chi connectivity index (χ0v) is 15.7. The Morgan fingerprint density at radius 1 is 1.22 bits per heavy atom. The van der Waals surface area contributed by atoms with Gasteiger partial charge in [-0.1, -0.05) is 59.3 Å². The molecule has 6 nitrogen and oxygen atoms in total. The van der Waals surface area contributed by atoms with E-state index in [0.29, 0.717) is 21.6 Å². The molecule has 0 saturated carbocycles. The van der Waals surface area contributed by atoms with Gasteiger partial charge in [0.15, 0.2) is 5.01 Å². The van der Waals surface area contributed by atoms with E-state index in [4.69, 9.17) is 17.3 Å². The van der Waals surface area contributed by atoms with Crippen molar-refractivity contribution in [1.82, 2.24) is 19.9 Å². The number of aromatic nitrogens is 3. The van der Waals surface area contributed by atoms with E-state index in [1.807, 2.05) is 54.7 Å². The first-order chi connectivity index (χ1) is 13.1. The van der Waals surface area contributed by atoms with Crippen molar-refractivity contribution in [3.8, 4) is 11.3 Å². The fraction of sp³-hybridized carbons (Fsp3) is 0.105. The fourth-order valence-electron chi connectivity index (χ4n) is 2.78. The third kappa shape index (κ3) is 3.57. The lowest BCUT2D eigenvalue weighted by Crippen LogP contribution is -2.31. The Hall–Kier alpha value is -2.74. The van der Waals surface area contributed by atoms with Crippen LogP contribution in [0.3, 0.4) is 0 Å². The van der Waals surface area contributed by atoms with Crippen molar-refractivity contribution in [2.24, 2.45) is 5.73 Å². The summed E-state index contributed by atoms with van der Waals surface area (Å²) < 4.78 is 2.19. The third-order valence-corrected chi connectivity index (χ3v) is 5.42. The van der Waals surface area contributed by atoms with Crippen LogP contribution < -0.4 is 11.1 Å². The molecule has 4 rings (SSSR count). The minimum absolute atomic E-state index is 0.287. The van der Waals surface area contributed by atoms with Gasteiger partial charge >= 0.3 is 0 Å². The first-order valence-corrected chi connectivity index (χ1v) is 9.50. The number of thiazole rings is 1. The van der Waals surface area contributed by atoms with Crippen molar-refractivity contribution >= 4 is 34.4 Å². The number of amides is 1. The number of nitrogens with zero attached hydrogens (tertiary/aromatic N) is 3. The van der Waals surface area contributed by atoms with Gasteiger partial charge in [0.2, 0.25) is 0 Å². The van der Waals surface area contributed by atoms with Gasteiger partial charge in [-0.05, 0) is 17.7 Å². The summed E-state index contributed by atoms with van der Waals surface area (Å²) in [6, 6.07) is 15.1. The van der Waals surface area contributed by atoms with Crippen molar-refractivity contribution in [2.75, 3.05) is 6.54 Å². The number of benzene rings is 1. The maximum atomic E-state index is 12.5. The number of carbonyl (C=O) groups excluding carboxylic acids is 1. The molecule has 0 spiro atoms. The maximum Gasteiger partial charge on any atom is 0.280 e. The fourth-order valence-corrected chi connectivity index (χ4v) is 3.87. The molecule has 0 radical (unpaired) electrons. The van der Waals surface area contributed by atoms with E-state index in [0.717, 1.165) is 28.0 Å². The highest BCUT2D eigenvalue weighted by atomic mass is 35.5.